The fourth-order valence-corrected chi connectivity index (χ4v) is 3.37. The van der Waals surface area contributed by atoms with Crippen molar-refractivity contribution >= 4 is 22.4 Å². The summed E-state index contributed by atoms with van der Waals surface area (Å²) in [6.45, 7) is 3.58. The van der Waals surface area contributed by atoms with Crippen LogP contribution in [0.5, 0.6) is 0 Å². The molecule has 132 valence electrons. The van der Waals surface area contributed by atoms with Gasteiger partial charge in [0.1, 0.15) is 11.5 Å². The number of nitrogens with two attached hydrogens (primary N) is 1. The third-order valence-electron chi connectivity index (χ3n) is 4.71. The maximum atomic E-state index is 8.29. The van der Waals surface area contributed by atoms with Crippen molar-refractivity contribution in [1.82, 2.24) is 15.0 Å². The van der Waals surface area contributed by atoms with Crippen LogP contribution in [0.3, 0.4) is 0 Å². The maximum Gasteiger partial charge on any atom is 0.129 e. The van der Waals surface area contributed by atoms with Crippen LogP contribution in [0.4, 0.5) is 5.82 Å². The summed E-state index contributed by atoms with van der Waals surface area (Å²) in [5.41, 5.74) is 8.89. The first-order chi connectivity index (χ1) is 12.6. The number of para-hydroxylation sites is 1. The van der Waals surface area contributed by atoms with E-state index in [1.807, 2.05) is 25.1 Å². The van der Waals surface area contributed by atoms with Crippen LogP contribution in [0.1, 0.15) is 30.7 Å². The Balaban J connectivity index is 1.51. The summed E-state index contributed by atoms with van der Waals surface area (Å²) in [6, 6.07) is 12.2. The van der Waals surface area contributed by atoms with Crippen molar-refractivity contribution in [2.45, 2.75) is 25.3 Å². The Labute approximate surface area is 152 Å². The zero-order valence-electron chi connectivity index (χ0n) is 14.8. The molecule has 0 spiro atoms. The molecule has 0 radical (unpaired) electrons. The zero-order valence-corrected chi connectivity index (χ0v) is 14.8. The van der Waals surface area contributed by atoms with Crippen LogP contribution in [0.2, 0.25) is 0 Å². The van der Waals surface area contributed by atoms with Crippen LogP contribution in [-0.2, 0) is 0 Å². The predicted molar refractivity (Wildman–Crippen MR) is 104 cm³/mol. The number of benzene rings is 1. The molecule has 3 aromatic rings. The first-order valence-electron chi connectivity index (χ1n) is 8.87. The highest BCUT2D eigenvalue weighted by molar-refractivity contribution is 5.98. The molecule has 0 bridgehead atoms. The van der Waals surface area contributed by atoms with E-state index in [4.69, 9.17) is 16.1 Å². The molecular weight excluding hydrogens is 324 g/mol. The van der Waals surface area contributed by atoms with Gasteiger partial charge in [0.25, 0.3) is 0 Å². The van der Waals surface area contributed by atoms with Crippen LogP contribution in [0.15, 0.2) is 48.8 Å². The van der Waals surface area contributed by atoms with Gasteiger partial charge in [0.15, 0.2) is 0 Å². The van der Waals surface area contributed by atoms with Gasteiger partial charge in [-0.15, -0.1) is 0 Å². The van der Waals surface area contributed by atoms with E-state index in [9.17, 15) is 0 Å². The van der Waals surface area contributed by atoms with Gasteiger partial charge in [0, 0.05) is 49.2 Å². The monoisotopic (exact) mass is 346 g/mol. The molecule has 0 aliphatic carbocycles. The Morgan fingerprint density at radius 2 is 1.96 bits per heavy atom. The summed E-state index contributed by atoms with van der Waals surface area (Å²) in [5.74, 6) is 1.25. The largest absolute Gasteiger partial charge is 0.355 e. The second-order valence-electron chi connectivity index (χ2n) is 6.91. The molecule has 1 unspecified atom stereocenters. The number of nitrogens with zero attached hydrogens (tertiary/aromatic N) is 4. The van der Waals surface area contributed by atoms with Gasteiger partial charge < -0.3 is 16.0 Å². The van der Waals surface area contributed by atoms with Crippen molar-refractivity contribution in [3.05, 3.63) is 60.2 Å². The minimum absolute atomic E-state index is 0.0583. The average Bonchev–Trinajstić information content (AvgIpc) is 2.60. The van der Waals surface area contributed by atoms with Crippen molar-refractivity contribution in [3.63, 3.8) is 0 Å². The van der Waals surface area contributed by atoms with Gasteiger partial charge in [-0.2, -0.15) is 0 Å². The number of rotatable bonds is 5. The van der Waals surface area contributed by atoms with Gasteiger partial charge in [0.05, 0.1) is 16.9 Å². The number of anilines is 1. The number of fused-ring (bicyclic) bond motifs is 1. The van der Waals surface area contributed by atoms with Crippen molar-refractivity contribution in [3.8, 4) is 0 Å². The quantitative estimate of drug-likeness (QED) is 0.693. The number of hydrogen-bond acceptors (Lipinski definition) is 6. The molecule has 0 amide bonds. The summed E-state index contributed by atoms with van der Waals surface area (Å²) in [6.07, 6.45) is 3.86. The maximum absolute atomic E-state index is 8.29. The first-order valence-corrected chi connectivity index (χ1v) is 8.87. The van der Waals surface area contributed by atoms with Crippen molar-refractivity contribution in [2.24, 2.45) is 5.73 Å². The lowest BCUT2D eigenvalue weighted by atomic mass is 9.92. The molecule has 6 nitrogen and oxygen atoms in total. The second-order valence-corrected chi connectivity index (χ2v) is 6.91. The Bertz CT molecular complexity index is 946. The van der Waals surface area contributed by atoms with Gasteiger partial charge in [0.2, 0.25) is 0 Å². The van der Waals surface area contributed by atoms with Crippen molar-refractivity contribution < 1.29 is 0 Å². The molecule has 4 rings (SSSR count). The molecule has 1 aliphatic rings. The van der Waals surface area contributed by atoms with Crippen LogP contribution in [0.25, 0.3) is 10.9 Å². The van der Waals surface area contributed by atoms with E-state index in [0.29, 0.717) is 17.8 Å². The van der Waals surface area contributed by atoms with Gasteiger partial charge in [-0.25, -0.2) is 4.98 Å². The number of hydrogen-bond donors (Lipinski definition) is 2. The zero-order chi connectivity index (χ0) is 18.1. The van der Waals surface area contributed by atoms with Gasteiger partial charge >= 0.3 is 0 Å². The lowest BCUT2D eigenvalue weighted by Gasteiger charge is -2.40. The van der Waals surface area contributed by atoms with Crippen LogP contribution >= 0.6 is 0 Å². The van der Waals surface area contributed by atoms with Crippen molar-refractivity contribution in [1.29, 1.82) is 5.41 Å². The minimum atomic E-state index is -0.0583. The molecule has 0 saturated carbocycles. The third kappa shape index (κ3) is 3.15. The molecule has 1 saturated heterocycles. The normalized spacial score (nSPS) is 15.7. The van der Waals surface area contributed by atoms with E-state index in [0.717, 1.165) is 35.5 Å². The predicted octanol–water partition coefficient (Wildman–Crippen LogP) is 2.73. The summed E-state index contributed by atoms with van der Waals surface area (Å²) >= 11 is 0. The van der Waals surface area contributed by atoms with Gasteiger partial charge in [-0.1, -0.05) is 18.2 Å². The fourth-order valence-electron chi connectivity index (χ4n) is 3.37. The molecule has 6 heteroatoms. The fraction of sp³-hybridized carbons (Fsp3) is 0.300. The molecule has 1 aliphatic heterocycles. The molecule has 1 atom stereocenters. The Morgan fingerprint density at radius 1 is 1.19 bits per heavy atom. The molecule has 1 aromatic carbocycles. The molecule has 26 heavy (non-hydrogen) atoms. The summed E-state index contributed by atoms with van der Waals surface area (Å²) < 4.78 is 0. The molecular formula is C20H22N6. The topological polar surface area (TPSA) is 91.8 Å². The van der Waals surface area contributed by atoms with Crippen LogP contribution in [0, 0.1) is 5.41 Å². The van der Waals surface area contributed by atoms with E-state index in [2.05, 4.69) is 33.1 Å². The summed E-state index contributed by atoms with van der Waals surface area (Å²) in [4.78, 5) is 15.9. The highest BCUT2D eigenvalue weighted by atomic mass is 15.2. The standard InChI is InChI=1S/C20H22N6/c1-13(21)10-16(22)20-19(23-8-9-24-20)15-11-26(12-15)18-7-6-14-4-2-3-5-17(14)25-18/h2-9,13,15,22H,10-12,21H2,1H3. The second kappa shape index (κ2) is 6.80. The molecule has 2 aromatic heterocycles. The highest BCUT2D eigenvalue weighted by Gasteiger charge is 2.33. The molecule has 3 N–H and O–H groups in total. The van der Waals surface area contributed by atoms with Crippen LogP contribution in [-0.4, -0.2) is 39.8 Å². The van der Waals surface area contributed by atoms with E-state index >= 15 is 0 Å². The van der Waals surface area contributed by atoms with E-state index in [1.165, 1.54) is 0 Å². The minimum Gasteiger partial charge on any atom is -0.355 e. The molecule has 1 fully saturated rings. The van der Waals surface area contributed by atoms with E-state index < -0.39 is 0 Å². The van der Waals surface area contributed by atoms with Gasteiger partial charge in [-0.3, -0.25) is 9.97 Å². The van der Waals surface area contributed by atoms with E-state index in [1.54, 1.807) is 12.4 Å². The lowest BCUT2D eigenvalue weighted by molar-refractivity contribution is 0.507. The number of nitrogens with one attached hydrogen (secondary N) is 1. The Hall–Kier alpha value is -2.86. The third-order valence-corrected chi connectivity index (χ3v) is 4.71. The number of aromatic nitrogens is 3. The highest BCUT2D eigenvalue weighted by Crippen LogP contribution is 2.31. The van der Waals surface area contributed by atoms with Crippen LogP contribution < -0.4 is 10.6 Å². The van der Waals surface area contributed by atoms with E-state index in [-0.39, 0.29) is 12.0 Å². The first kappa shape index (κ1) is 16.6. The van der Waals surface area contributed by atoms with Gasteiger partial charge in [-0.05, 0) is 25.1 Å². The lowest BCUT2D eigenvalue weighted by Crippen LogP contribution is -2.46. The van der Waals surface area contributed by atoms with Crippen molar-refractivity contribution in [2.75, 3.05) is 18.0 Å². The number of pyridine rings is 1. The summed E-state index contributed by atoms with van der Waals surface area (Å²) in [7, 11) is 0. The smallest absolute Gasteiger partial charge is 0.129 e. The average molecular weight is 346 g/mol. The Kier molecular flexibility index (Phi) is 4.34. The Morgan fingerprint density at radius 3 is 2.77 bits per heavy atom. The molecule has 3 heterocycles. The summed E-state index contributed by atoms with van der Waals surface area (Å²) in [5, 5.41) is 9.44. The SMILES string of the molecule is CC(N)CC(=N)c1nccnc1C1CN(c2ccc3ccccc3n2)C1.